The molecule has 0 bridgehead atoms. The second-order valence-corrected chi connectivity index (χ2v) is 3.45. The molecular weight excluding hydrogens is 194 g/mol. The molecule has 0 spiro atoms. The van der Waals surface area contributed by atoms with Crippen LogP contribution in [0.4, 0.5) is 0 Å². The molecule has 0 radical (unpaired) electrons. The topological polar surface area (TPSA) is 23.8 Å². The van der Waals surface area contributed by atoms with Crippen molar-refractivity contribution in [3.05, 3.63) is 41.0 Å². The zero-order valence-corrected chi connectivity index (χ0v) is 9.10. The summed E-state index contributed by atoms with van der Waals surface area (Å²) in [6, 6.07) is 9.93. The summed E-state index contributed by atoms with van der Waals surface area (Å²) in [5, 5.41) is 9.43. The molecule has 1 aromatic rings. The van der Waals surface area contributed by atoms with E-state index in [2.05, 4.69) is 6.07 Å². The number of rotatable bonds is 2. The molecule has 0 aliphatic carbocycles. The number of aryl methyl sites for hydroxylation is 1. The zero-order chi connectivity index (χ0) is 10.6. The molecule has 1 aromatic carbocycles. The van der Waals surface area contributed by atoms with Gasteiger partial charge < -0.3 is 0 Å². The molecule has 0 aliphatic heterocycles. The van der Waals surface area contributed by atoms with E-state index in [-0.39, 0.29) is 0 Å². The van der Waals surface area contributed by atoms with Crippen molar-refractivity contribution >= 4 is 16.6 Å². The molecule has 0 aromatic heterocycles. The number of nitriles is 1. The first-order valence-corrected chi connectivity index (χ1v) is 4.93. The van der Waals surface area contributed by atoms with Crippen LogP contribution >= 0.6 is 11.6 Å². The van der Waals surface area contributed by atoms with Crippen LogP contribution < -0.4 is 0 Å². The number of hydrogen-bond donors (Lipinski definition) is 0. The molecule has 1 rings (SSSR count). The van der Waals surface area contributed by atoms with Crippen LogP contribution in [0.3, 0.4) is 0 Å². The van der Waals surface area contributed by atoms with Gasteiger partial charge in [0.1, 0.15) is 0 Å². The zero-order valence-electron chi connectivity index (χ0n) is 8.34. The van der Waals surface area contributed by atoms with E-state index in [9.17, 15) is 0 Å². The molecule has 0 aliphatic rings. The third kappa shape index (κ3) is 2.16. The Morgan fingerprint density at radius 3 is 2.57 bits per heavy atom. The average Bonchev–Trinajstić information content (AvgIpc) is 2.20. The maximum atomic E-state index is 8.86. The summed E-state index contributed by atoms with van der Waals surface area (Å²) in [4.78, 5) is 0. The van der Waals surface area contributed by atoms with Gasteiger partial charge in [-0.2, -0.15) is 5.26 Å². The second-order valence-electron chi connectivity index (χ2n) is 3.07. The van der Waals surface area contributed by atoms with Crippen molar-refractivity contribution in [1.29, 1.82) is 5.26 Å². The molecular formula is C12H12ClN. The fourth-order valence-electron chi connectivity index (χ4n) is 1.27. The minimum atomic E-state index is 0.577. The van der Waals surface area contributed by atoms with Gasteiger partial charge in [0.25, 0.3) is 0 Å². The van der Waals surface area contributed by atoms with Crippen molar-refractivity contribution in [3.8, 4) is 6.07 Å². The van der Waals surface area contributed by atoms with E-state index >= 15 is 0 Å². The van der Waals surface area contributed by atoms with Crippen LogP contribution in [0.2, 0.25) is 0 Å². The molecule has 0 fully saturated rings. The minimum Gasteiger partial charge on any atom is -0.193 e. The van der Waals surface area contributed by atoms with E-state index in [1.165, 1.54) is 0 Å². The molecule has 0 atom stereocenters. The van der Waals surface area contributed by atoms with E-state index in [0.29, 0.717) is 17.0 Å². The van der Waals surface area contributed by atoms with Crippen LogP contribution in [-0.4, -0.2) is 0 Å². The number of allylic oxidation sites excluding steroid dienone is 1. The van der Waals surface area contributed by atoms with Gasteiger partial charge in [-0.25, -0.2) is 0 Å². The van der Waals surface area contributed by atoms with Crippen LogP contribution in [0.5, 0.6) is 0 Å². The van der Waals surface area contributed by atoms with Gasteiger partial charge in [-0.3, -0.25) is 0 Å². The third-order valence-corrected chi connectivity index (χ3v) is 2.57. The summed E-state index contributed by atoms with van der Waals surface area (Å²) in [6.07, 6.45) is 0.670. The molecule has 0 amide bonds. The van der Waals surface area contributed by atoms with Gasteiger partial charge in [0.15, 0.2) is 0 Å². The molecule has 1 nitrogen and oxygen atoms in total. The largest absolute Gasteiger partial charge is 0.193 e. The van der Waals surface area contributed by atoms with Crippen LogP contribution in [-0.2, 0) is 0 Å². The lowest BCUT2D eigenvalue weighted by Crippen LogP contribution is -1.87. The number of hydrogen-bond acceptors (Lipinski definition) is 1. The fraction of sp³-hybridized carbons (Fsp3) is 0.250. The predicted octanol–water partition coefficient (Wildman–Crippen LogP) is 3.88. The van der Waals surface area contributed by atoms with E-state index in [4.69, 9.17) is 16.9 Å². The number of nitrogens with zero attached hydrogens (tertiary/aromatic N) is 1. The fourth-order valence-corrected chi connectivity index (χ4v) is 1.65. The first-order valence-electron chi connectivity index (χ1n) is 4.55. The van der Waals surface area contributed by atoms with Gasteiger partial charge in [0.05, 0.1) is 11.1 Å². The smallest absolute Gasteiger partial charge is 0.0962 e. The number of halogens is 1. The summed E-state index contributed by atoms with van der Waals surface area (Å²) < 4.78 is 0. The van der Waals surface area contributed by atoms with Crippen LogP contribution in [0.15, 0.2) is 29.8 Å². The van der Waals surface area contributed by atoms with Crippen molar-refractivity contribution in [2.24, 2.45) is 0 Å². The Labute approximate surface area is 89.6 Å². The van der Waals surface area contributed by atoms with Crippen molar-refractivity contribution in [2.75, 3.05) is 0 Å². The first kappa shape index (κ1) is 10.8. The van der Waals surface area contributed by atoms with E-state index in [0.717, 1.165) is 11.1 Å². The molecule has 0 N–H and O–H groups in total. The Hall–Kier alpha value is -1.26. The predicted molar refractivity (Wildman–Crippen MR) is 59.9 cm³/mol. The summed E-state index contributed by atoms with van der Waals surface area (Å²) in [6.45, 7) is 3.92. The molecule has 0 saturated heterocycles. The van der Waals surface area contributed by atoms with Gasteiger partial charge in [-0.15, -0.1) is 0 Å². The van der Waals surface area contributed by atoms with Crippen molar-refractivity contribution in [3.63, 3.8) is 0 Å². The minimum absolute atomic E-state index is 0.577. The maximum Gasteiger partial charge on any atom is 0.0962 e. The number of benzene rings is 1. The molecule has 2 heteroatoms. The maximum absolute atomic E-state index is 8.86. The van der Waals surface area contributed by atoms with Gasteiger partial charge in [-0.1, -0.05) is 42.8 Å². The summed E-state index contributed by atoms with van der Waals surface area (Å²) >= 11 is 6.13. The van der Waals surface area contributed by atoms with Crippen molar-refractivity contribution in [1.82, 2.24) is 0 Å². The van der Waals surface area contributed by atoms with Gasteiger partial charge >= 0.3 is 0 Å². The van der Waals surface area contributed by atoms with E-state index in [1.54, 1.807) is 0 Å². The lowest BCUT2D eigenvalue weighted by atomic mass is 10.0. The summed E-state index contributed by atoms with van der Waals surface area (Å²) in [7, 11) is 0. The summed E-state index contributed by atoms with van der Waals surface area (Å²) in [5.74, 6) is 0. The highest BCUT2D eigenvalue weighted by atomic mass is 35.5. The molecule has 0 unspecified atom stereocenters. The van der Waals surface area contributed by atoms with E-state index in [1.807, 2.05) is 38.1 Å². The quantitative estimate of drug-likeness (QED) is 0.673. The lowest BCUT2D eigenvalue weighted by Gasteiger charge is -2.05. The highest BCUT2D eigenvalue weighted by Crippen LogP contribution is 2.26. The van der Waals surface area contributed by atoms with Gasteiger partial charge in [-0.05, 0) is 24.5 Å². The van der Waals surface area contributed by atoms with E-state index < -0.39 is 0 Å². The normalized spacial score (nSPS) is 11.9. The Bertz CT molecular complexity index is 399. The van der Waals surface area contributed by atoms with Crippen molar-refractivity contribution < 1.29 is 0 Å². The highest BCUT2D eigenvalue weighted by Gasteiger charge is 2.06. The molecule has 0 saturated carbocycles. The Morgan fingerprint density at radius 1 is 1.43 bits per heavy atom. The summed E-state index contributed by atoms with van der Waals surface area (Å²) in [5.41, 5.74) is 2.69. The van der Waals surface area contributed by atoms with Crippen LogP contribution in [0, 0.1) is 18.3 Å². The Morgan fingerprint density at radius 2 is 2.07 bits per heavy atom. The molecule has 0 heterocycles. The lowest BCUT2D eigenvalue weighted by molar-refractivity contribution is 1.16. The average molecular weight is 206 g/mol. The SMILES string of the molecule is CCC(C#N)=C(Cl)c1ccccc1C. The standard InChI is InChI=1S/C12H12ClN/c1-3-10(8-14)12(13)11-7-5-4-6-9(11)2/h4-7H,3H2,1-2H3. The Kier molecular flexibility index (Phi) is 3.73. The molecule has 72 valence electrons. The van der Waals surface area contributed by atoms with Crippen LogP contribution in [0.1, 0.15) is 24.5 Å². The van der Waals surface area contributed by atoms with Gasteiger partial charge in [0.2, 0.25) is 0 Å². The Balaban J connectivity index is 3.25. The highest BCUT2D eigenvalue weighted by molar-refractivity contribution is 6.49. The third-order valence-electron chi connectivity index (χ3n) is 2.13. The molecule has 14 heavy (non-hydrogen) atoms. The first-order chi connectivity index (χ1) is 6.70. The van der Waals surface area contributed by atoms with Gasteiger partial charge in [0, 0.05) is 5.57 Å². The monoisotopic (exact) mass is 205 g/mol. The second kappa shape index (κ2) is 4.83. The van der Waals surface area contributed by atoms with Crippen molar-refractivity contribution in [2.45, 2.75) is 20.3 Å². The van der Waals surface area contributed by atoms with Crippen LogP contribution in [0.25, 0.3) is 5.03 Å².